The molecule has 0 aliphatic rings. The van der Waals surface area contributed by atoms with Crippen LogP contribution in [0.15, 0.2) is 0 Å². The van der Waals surface area contributed by atoms with Crippen molar-refractivity contribution in [3.05, 3.63) is 0 Å². The zero-order valence-corrected chi connectivity index (χ0v) is 19.8. The summed E-state index contributed by atoms with van der Waals surface area (Å²) in [6.07, 6.45) is 1.04. The molecule has 12 nitrogen and oxygen atoms in total. The van der Waals surface area contributed by atoms with Crippen LogP contribution >= 0.6 is 0 Å². The fourth-order valence-corrected chi connectivity index (χ4v) is 2.97. The molecule has 33 heavy (non-hydrogen) atoms. The van der Waals surface area contributed by atoms with Gasteiger partial charge in [-0.05, 0) is 37.6 Å². The first-order valence-electron chi connectivity index (χ1n) is 11.2. The second-order valence-electron chi connectivity index (χ2n) is 8.48. The molecule has 0 rings (SSSR count). The minimum atomic E-state index is -1.65. The van der Waals surface area contributed by atoms with E-state index in [9.17, 15) is 29.1 Å². The van der Waals surface area contributed by atoms with Gasteiger partial charge in [0.25, 0.3) is 0 Å². The second-order valence-corrected chi connectivity index (χ2v) is 8.48. The Labute approximate surface area is 194 Å². The van der Waals surface area contributed by atoms with E-state index in [4.69, 9.17) is 16.6 Å². The highest BCUT2D eigenvalue weighted by Gasteiger charge is 2.32. The molecule has 12 heteroatoms. The third kappa shape index (κ3) is 11.1. The summed E-state index contributed by atoms with van der Waals surface area (Å²) < 4.78 is 0. The van der Waals surface area contributed by atoms with Crippen molar-refractivity contribution in [1.82, 2.24) is 16.0 Å². The van der Waals surface area contributed by atoms with Crippen LogP contribution in [0.1, 0.15) is 59.8 Å². The quantitative estimate of drug-likeness (QED) is 0.139. The lowest BCUT2D eigenvalue weighted by atomic mass is 9.97. The summed E-state index contributed by atoms with van der Waals surface area (Å²) in [5, 5.41) is 25.4. The van der Waals surface area contributed by atoms with Crippen LogP contribution in [0.3, 0.4) is 0 Å². The number of nitrogens with one attached hydrogen (secondary N) is 3. The van der Waals surface area contributed by atoms with Crippen LogP contribution < -0.4 is 27.4 Å². The number of amides is 3. The minimum absolute atomic E-state index is 0.0992. The first kappa shape index (κ1) is 30.3. The Hall–Kier alpha value is -2.73. The Balaban J connectivity index is 5.49. The topological polar surface area (TPSA) is 214 Å². The average Bonchev–Trinajstić information content (AvgIpc) is 2.74. The Kier molecular flexibility index (Phi) is 13.9. The lowest BCUT2D eigenvalue weighted by Gasteiger charge is -2.27. The van der Waals surface area contributed by atoms with E-state index in [1.807, 2.05) is 13.8 Å². The monoisotopic (exact) mass is 473 g/mol. The van der Waals surface area contributed by atoms with E-state index in [-0.39, 0.29) is 18.3 Å². The molecule has 5 unspecified atom stereocenters. The van der Waals surface area contributed by atoms with Crippen molar-refractivity contribution < 1.29 is 34.2 Å². The van der Waals surface area contributed by atoms with Gasteiger partial charge in [0, 0.05) is 0 Å². The zero-order chi connectivity index (χ0) is 25.7. The van der Waals surface area contributed by atoms with Crippen molar-refractivity contribution in [3.63, 3.8) is 0 Å². The molecule has 0 spiro atoms. The van der Waals surface area contributed by atoms with Crippen LogP contribution in [0, 0.1) is 11.8 Å². The van der Waals surface area contributed by atoms with E-state index in [0.29, 0.717) is 25.8 Å². The minimum Gasteiger partial charge on any atom is -0.481 e. The zero-order valence-electron chi connectivity index (χ0n) is 19.8. The second kappa shape index (κ2) is 15.2. The van der Waals surface area contributed by atoms with Gasteiger partial charge in [-0.25, -0.2) is 4.79 Å². The first-order chi connectivity index (χ1) is 15.3. The molecule has 9 N–H and O–H groups in total. The number of carboxylic acids is 2. The third-order valence-corrected chi connectivity index (χ3v) is 5.38. The number of nitrogens with two attached hydrogens (primary N) is 2. The molecule has 0 radical (unpaired) electrons. The van der Waals surface area contributed by atoms with Crippen molar-refractivity contribution in [2.75, 3.05) is 6.54 Å². The van der Waals surface area contributed by atoms with Crippen LogP contribution in [-0.2, 0) is 24.0 Å². The van der Waals surface area contributed by atoms with Gasteiger partial charge in [-0.2, -0.15) is 0 Å². The van der Waals surface area contributed by atoms with Gasteiger partial charge in [-0.15, -0.1) is 0 Å². The number of hydrogen-bond donors (Lipinski definition) is 7. The summed E-state index contributed by atoms with van der Waals surface area (Å²) in [7, 11) is 0. The Morgan fingerprint density at radius 1 is 0.848 bits per heavy atom. The van der Waals surface area contributed by atoms with E-state index in [1.54, 1.807) is 13.8 Å². The maximum absolute atomic E-state index is 12.9. The molecule has 0 aromatic rings. The van der Waals surface area contributed by atoms with Gasteiger partial charge in [0.1, 0.15) is 18.1 Å². The summed E-state index contributed by atoms with van der Waals surface area (Å²) in [6.45, 7) is 7.51. The fraction of sp³-hybridized carbons (Fsp3) is 0.762. The molecule has 0 saturated heterocycles. The van der Waals surface area contributed by atoms with Gasteiger partial charge >= 0.3 is 11.9 Å². The standard InChI is InChI=1S/C21H39N5O7/c1-5-12(4)16(23)19(30)26-17(11(2)3)20(31)24-13(8-6-7-9-22)18(29)25-14(21(32)33)10-15(27)28/h11-14,16-17H,5-10,22-23H2,1-4H3,(H,24,31)(H,25,29)(H,26,30)(H,27,28)(H,32,33). The maximum atomic E-state index is 12.9. The van der Waals surface area contributed by atoms with Crippen molar-refractivity contribution >= 4 is 29.7 Å². The molecule has 0 saturated carbocycles. The Morgan fingerprint density at radius 3 is 1.88 bits per heavy atom. The van der Waals surface area contributed by atoms with E-state index < -0.39 is 60.2 Å². The van der Waals surface area contributed by atoms with Gasteiger partial charge in [-0.1, -0.05) is 34.1 Å². The van der Waals surface area contributed by atoms with Crippen molar-refractivity contribution in [2.45, 2.75) is 84.0 Å². The smallest absolute Gasteiger partial charge is 0.326 e. The van der Waals surface area contributed by atoms with Crippen LogP contribution in [0.2, 0.25) is 0 Å². The predicted molar refractivity (Wildman–Crippen MR) is 121 cm³/mol. The van der Waals surface area contributed by atoms with Gasteiger partial charge in [-0.3, -0.25) is 19.2 Å². The van der Waals surface area contributed by atoms with E-state index in [1.165, 1.54) is 0 Å². The SMILES string of the molecule is CCC(C)C(N)C(=O)NC(C(=O)NC(CCCCN)C(=O)NC(CC(=O)O)C(=O)O)C(C)C. The molecular formula is C21H39N5O7. The van der Waals surface area contributed by atoms with Gasteiger partial charge < -0.3 is 37.6 Å². The molecule has 0 fully saturated rings. The largest absolute Gasteiger partial charge is 0.481 e. The van der Waals surface area contributed by atoms with Crippen molar-refractivity contribution in [1.29, 1.82) is 0 Å². The molecule has 0 aliphatic heterocycles. The lowest BCUT2D eigenvalue weighted by molar-refractivity contribution is -0.147. The normalized spacial score (nSPS) is 15.6. The predicted octanol–water partition coefficient (Wildman–Crippen LogP) is -0.841. The molecule has 0 aromatic heterocycles. The van der Waals surface area contributed by atoms with E-state index in [0.717, 1.165) is 0 Å². The molecule has 3 amide bonds. The molecular weight excluding hydrogens is 434 g/mol. The van der Waals surface area contributed by atoms with Crippen LogP contribution in [-0.4, -0.2) is 70.6 Å². The lowest BCUT2D eigenvalue weighted by Crippen LogP contribution is -2.59. The Bertz CT molecular complexity index is 686. The summed E-state index contributed by atoms with van der Waals surface area (Å²) in [6, 6.07) is -4.58. The molecule has 0 bridgehead atoms. The number of aliphatic carboxylic acids is 2. The summed E-state index contributed by atoms with van der Waals surface area (Å²) in [5.74, 6) is -5.29. The number of carbonyl (C=O) groups excluding carboxylic acids is 3. The van der Waals surface area contributed by atoms with Gasteiger partial charge in [0.2, 0.25) is 17.7 Å². The highest BCUT2D eigenvalue weighted by Crippen LogP contribution is 2.10. The molecule has 0 heterocycles. The average molecular weight is 474 g/mol. The van der Waals surface area contributed by atoms with Crippen LogP contribution in [0.5, 0.6) is 0 Å². The number of carbonyl (C=O) groups is 5. The third-order valence-electron chi connectivity index (χ3n) is 5.38. The molecule has 0 aliphatic carbocycles. The van der Waals surface area contributed by atoms with E-state index >= 15 is 0 Å². The fourth-order valence-electron chi connectivity index (χ4n) is 2.97. The first-order valence-corrected chi connectivity index (χ1v) is 11.2. The van der Waals surface area contributed by atoms with Gasteiger partial charge in [0.05, 0.1) is 12.5 Å². The number of hydrogen-bond acceptors (Lipinski definition) is 7. The molecule has 0 aromatic carbocycles. The number of carboxylic acid groups (broad SMARTS) is 2. The summed E-state index contributed by atoms with van der Waals surface area (Å²) >= 11 is 0. The highest BCUT2D eigenvalue weighted by molar-refractivity contribution is 5.94. The number of rotatable bonds is 16. The van der Waals surface area contributed by atoms with Crippen molar-refractivity contribution in [2.24, 2.45) is 23.3 Å². The van der Waals surface area contributed by atoms with Crippen LogP contribution in [0.4, 0.5) is 0 Å². The van der Waals surface area contributed by atoms with Gasteiger partial charge in [0.15, 0.2) is 0 Å². The highest BCUT2D eigenvalue weighted by atomic mass is 16.4. The summed E-state index contributed by atoms with van der Waals surface area (Å²) in [5.41, 5.74) is 11.4. The summed E-state index contributed by atoms with van der Waals surface area (Å²) in [4.78, 5) is 60.3. The van der Waals surface area contributed by atoms with Crippen LogP contribution in [0.25, 0.3) is 0 Å². The number of unbranched alkanes of at least 4 members (excludes halogenated alkanes) is 1. The molecule has 5 atom stereocenters. The van der Waals surface area contributed by atoms with E-state index in [2.05, 4.69) is 16.0 Å². The van der Waals surface area contributed by atoms with Crippen molar-refractivity contribution in [3.8, 4) is 0 Å². The maximum Gasteiger partial charge on any atom is 0.326 e. The Morgan fingerprint density at radius 2 is 1.42 bits per heavy atom. The molecule has 190 valence electrons.